The van der Waals surface area contributed by atoms with E-state index in [0.717, 1.165) is 12.5 Å². The van der Waals surface area contributed by atoms with Gasteiger partial charge in [-0.05, 0) is 43.7 Å². The smallest absolute Gasteiger partial charge is 0.0313 e. The third kappa shape index (κ3) is 4.09. The number of nitrogens with one attached hydrogen (secondary N) is 1. The van der Waals surface area contributed by atoms with Crippen molar-refractivity contribution in [3.8, 4) is 0 Å². The second-order valence-electron chi connectivity index (χ2n) is 5.79. The molecule has 18 heavy (non-hydrogen) atoms. The maximum Gasteiger partial charge on any atom is 0.0313 e. The zero-order valence-corrected chi connectivity index (χ0v) is 11.8. The average molecular weight is 246 g/mol. The predicted octanol–water partition coefficient (Wildman–Crippen LogP) is 3.84. The van der Waals surface area contributed by atoms with Crippen LogP contribution in [-0.2, 0) is 6.54 Å². The van der Waals surface area contributed by atoms with Gasteiger partial charge in [-0.1, -0.05) is 31.7 Å². The highest BCUT2D eigenvalue weighted by atomic mass is 14.9. The number of aryl methyl sites for hydroxylation is 1. The lowest BCUT2D eigenvalue weighted by atomic mass is 9.93. The highest BCUT2D eigenvalue weighted by Gasteiger charge is 2.18. The summed E-state index contributed by atoms with van der Waals surface area (Å²) in [5.41, 5.74) is 2.55. The Labute approximate surface area is 111 Å². The highest BCUT2D eigenvalue weighted by molar-refractivity contribution is 5.16. The summed E-state index contributed by atoms with van der Waals surface area (Å²) in [7, 11) is 0. The quantitative estimate of drug-likeness (QED) is 0.817. The van der Waals surface area contributed by atoms with Crippen molar-refractivity contribution in [3.05, 3.63) is 29.6 Å². The molecular weight excluding hydrogens is 220 g/mol. The summed E-state index contributed by atoms with van der Waals surface area (Å²) in [5, 5.41) is 3.68. The van der Waals surface area contributed by atoms with Crippen LogP contribution in [0.15, 0.2) is 18.5 Å². The fraction of sp³-hybridized carbons (Fsp3) is 0.688. The monoisotopic (exact) mass is 246 g/mol. The average Bonchev–Trinajstić information content (AvgIpc) is 2.65. The van der Waals surface area contributed by atoms with E-state index >= 15 is 0 Å². The summed E-state index contributed by atoms with van der Waals surface area (Å²) in [5.74, 6) is 0.866. The molecule has 2 rings (SSSR count). The molecule has 2 heteroatoms. The first-order chi connectivity index (χ1) is 8.75. The Bertz CT molecular complexity index is 354. The zero-order chi connectivity index (χ0) is 12.8. The van der Waals surface area contributed by atoms with E-state index in [1.807, 2.05) is 12.4 Å². The molecule has 0 radical (unpaired) electrons. The van der Waals surface area contributed by atoms with Gasteiger partial charge in [0, 0.05) is 25.0 Å². The van der Waals surface area contributed by atoms with Crippen molar-refractivity contribution in [2.75, 3.05) is 0 Å². The Morgan fingerprint density at radius 1 is 1.22 bits per heavy atom. The topological polar surface area (TPSA) is 24.9 Å². The van der Waals surface area contributed by atoms with Crippen molar-refractivity contribution >= 4 is 0 Å². The molecule has 1 N–H and O–H groups in total. The van der Waals surface area contributed by atoms with Crippen LogP contribution < -0.4 is 5.32 Å². The SMILES string of the molecule is Cc1cncc(CN[C@H](C)C2CCCCCC2)c1. The lowest BCUT2D eigenvalue weighted by Gasteiger charge is -2.23. The van der Waals surface area contributed by atoms with E-state index in [4.69, 9.17) is 0 Å². The van der Waals surface area contributed by atoms with Crippen LogP contribution in [0.2, 0.25) is 0 Å². The minimum absolute atomic E-state index is 0.628. The molecule has 0 saturated heterocycles. The minimum atomic E-state index is 0.628. The molecule has 0 unspecified atom stereocenters. The number of rotatable bonds is 4. The molecule has 100 valence electrons. The molecule has 1 aromatic rings. The summed E-state index contributed by atoms with van der Waals surface area (Å²) < 4.78 is 0. The molecule has 1 heterocycles. The van der Waals surface area contributed by atoms with Crippen LogP contribution >= 0.6 is 0 Å². The van der Waals surface area contributed by atoms with Gasteiger partial charge >= 0.3 is 0 Å². The van der Waals surface area contributed by atoms with E-state index in [9.17, 15) is 0 Å². The molecule has 0 amide bonds. The largest absolute Gasteiger partial charge is 0.310 e. The van der Waals surface area contributed by atoms with Crippen molar-refractivity contribution in [2.45, 2.75) is 65.0 Å². The molecule has 0 aliphatic heterocycles. The molecule has 1 aliphatic rings. The Kier molecular flexibility index (Phi) is 5.18. The second kappa shape index (κ2) is 6.89. The predicted molar refractivity (Wildman–Crippen MR) is 76.5 cm³/mol. The van der Waals surface area contributed by atoms with Crippen LogP contribution in [-0.4, -0.2) is 11.0 Å². The van der Waals surface area contributed by atoms with Gasteiger partial charge < -0.3 is 5.32 Å². The number of hydrogen-bond donors (Lipinski definition) is 1. The van der Waals surface area contributed by atoms with E-state index in [-0.39, 0.29) is 0 Å². The normalized spacial score (nSPS) is 19.4. The lowest BCUT2D eigenvalue weighted by molar-refractivity contribution is 0.336. The van der Waals surface area contributed by atoms with Crippen molar-refractivity contribution < 1.29 is 0 Å². The summed E-state index contributed by atoms with van der Waals surface area (Å²) in [6.07, 6.45) is 12.4. The Hall–Kier alpha value is -0.890. The third-order valence-corrected chi connectivity index (χ3v) is 4.17. The van der Waals surface area contributed by atoms with Crippen LogP contribution in [0, 0.1) is 12.8 Å². The van der Waals surface area contributed by atoms with E-state index in [2.05, 4.69) is 30.2 Å². The molecular formula is C16H26N2. The van der Waals surface area contributed by atoms with Gasteiger partial charge in [0.1, 0.15) is 0 Å². The standard InChI is InChI=1S/C16H26N2/c1-13-9-15(11-17-10-13)12-18-14(2)16-7-5-3-4-6-8-16/h9-11,14,16,18H,3-8,12H2,1-2H3/t14-/m1/s1. The van der Waals surface area contributed by atoms with Gasteiger partial charge in [-0.25, -0.2) is 0 Å². The molecule has 1 atom stereocenters. The van der Waals surface area contributed by atoms with E-state index in [1.165, 1.54) is 49.7 Å². The van der Waals surface area contributed by atoms with Gasteiger partial charge in [0.15, 0.2) is 0 Å². The summed E-state index contributed by atoms with van der Waals surface area (Å²) in [6.45, 7) is 5.40. The Morgan fingerprint density at radius 2 is 1.94 bits per heavy atom. The minimum Gasteiger partial charge on any atom is -0.310 e. The van der Waals surface area contributed by atoms with Crippen molar-refractivity contribution in [2.24, 2.45) is 5.92 Å². The van der Waals surface area contributed by atoms with Crippen LogP contribution in [0.25, 0.3) is 0 Å². The third-order valence-electron chi connectivity index (χ3n) is 4.17. The number of pyridine rings is 1. The summed E-state index contributed by atoms with van der Waals surface area (Å²) in [6, 6.07) is 2.85. The van der Waals surface area contributed by atoms with E-state index in [0.29, 0.717) is 6.04 Å². The molecule has 1 aliphatic carbocycles. The zero-order valence-electron chi connectivity index (χ0n) is 11.8. The van der Waals surface area contributed by atoms with Gasteiger partial charge in [0.25, 0.3) is 0 Å². The molecule has 1 aromatic heterocycles. The molecule has 0 spiro atoms. The summed E-state index contributed by atoms with van der Waals surface area (Å²) in [4.78, 5) is 4.25. The number of aromatic nitrogens is 1. The molecule has 1 fully saturated rings. The second-order valence-corrected chi connectivity index (χ2v) is 5.79. The van der Waals surface area contributed by atoms with Crippen LogP contribution in [0.3, 0.4) is 0 Å². The Morgan fingerprint density at radius 3 is 2.61 bits per heavy atom. The lowest BCUT2D eigenvalue weighted by Crippen LogP contribution is -2.33. The van der Waals surface area contributed by atoms with Gasteiger partial charge in [-0.2, -0.15) is 0 Å². The first-order valence-corrected chi connectivity index (χ1v) is 7.39. The molecule has 0 bridgehead atoms. The first kappa shape index (κ1) is 13.5. The Balaban J connectivity index is 1.81. The van der Waals surface area contributed by atoms with Crippen molar-refractivity contribution in [1.29, 1.82) is 0 Å². The van der Waals surface area contributed by atoms with Gasteiger partial charge in [-0.15, -0.1) is 0 Å². The fourth-order valence-corrected chi connectivity index (χ4v) is 2.97. The van der Waals surface area contributed by atoms with Gasteiger partial charge in [-0.3, -0.25) is 4.98 Å². The van der Waals surface area contributed by atoms with Crippen molar-refractivity contribution in [3.63, 3.8) is 0 Å². The molecule has 0 aromatic carbocycles. The maximum absolute atomic E-state index is 4.25. The van der Waals surface area contributed by atoms with Crippen LogP contribution in [0.4, 0.5) is 0 Å². The van der Waals surface area contributed by atoms with Crippen LogP contribution in [0.5, 0.6) is 0 Å². The molecule has 2 nitrogen and oxygen atoms in total. The van der Waals surface area contributed by atoms with Crippen LogP contribution in [0.1, 0.15) is 56.6 Å². The number of hydrogen-bond acceptors (Lipinski definition) is 2. The fourth-order valence-electron chi connectivity index (χ4n) is 2.97. The summed E-state index contributed by atoms with van der Waals surface area (Å²) >= 11 is 0. The maximum atomic E-state index is 4.25. The van der Waals surface area contributed by atoms with E-state index < -0.39 is 0 Å². The highest BCUT2D eigenvalue weighted by Crippen LogP contribution is 2.25. The first-order valence-electron chi connectivity index (χ1n) is 7.39. The number of nitrogens with zero attached hydrogens (tertiary/aromatic N) is 1. The van der Waals surface area contributed by atoms with Crippen molar-refractivity contribution in [1.82, 2.24) is 10.3 Å². The van der Waals surface area contributed by atoms with Gasteiger partial charge in [0.2, 0.25) is 0 Å². The van der Waals surface area contributed by atoms with E-state index in [1.54, 1.807) is 0 Å². The van der Waals surface area contributed by atoms with Gasteiger partial charge in [0.05, 0.1) is 0 Å². The molecule has 1 saturated carbocycles.